The molecule has 0 atom stereocenters. The number of nitrogens with one attached hydrogen (secondary N) is 2. The van der Waals surface area contributed by atoms with Crippen LogP contribution in [0.25, 0.3) is 0 Å². The molecule has 0 aromatic carbocycles. The molecule has 6 nitrogen and oxygen atoms in total. The van der Waals surface area contributed by atoms with E-state index in [1.807, 2.05) is 0 Å². The van der Waals surface area contributed by atoms with E-state index in [-0.39, 0.29) is 5.91 Å². The van der Waals surface area contributed by atoms with Gasteiger partial charge in [0, 0.05) is 19.1 Å². The van der Waals surface area contributed by atoms with Crippen molar-refractivity contribution < 1.29 is 9.53 Å². The van der Waals surface area contributed by atoms with Crippen molar-refractivity contribution in [3.8, 4) is 0 Å². The summed E-state index contributed by atoms with van der Waals surface area (Å²) in [5.41, 5.74) is 7.63. The van der Waals surface area contributed by atoms with Crippen LogP contribution < -0.4 is 11.1 Å². The lowest BCUT2D eigenvalue weighted by Crippen LogP contribution is -2.28. The number of nitrogens with two attached hydrogens (primary N) is 1. The van der Waals surface area contributed by atoms with E-state index in [2.05, 4.69) is 22.4 Å². The van der Waals surface area contributed by atoms with Crippen LogP contribution in [0.3, 0.4) is 0 Å². The molecule has 1 saturated carbocycles. The predicted molar refractivity (Wildman–Crippen MR) is 73.0 cm³/mol. The molecule has 1 amide bonds. The van der Waals surface area contributed by atoms with Crippen molar-refractivity contribution in [1.82, 2.24) is 15.5 Å². The zero-order chi connectivity index (χ0) is 13.7. The molecule has 0 saturated heterocycles. The molecular weight excluding hydrogens is 244 g/mol. The zero-order valence-electron chi connectivity index (χ0n) is 11.4. The Balaban J connectivity index is 1.73. The third-order valence-corrected chi connectivity index (χ3v) is 3.21. The van der Waals surface area contributed by atoms with E-state index >= 15 is 0 Å². The number of amides is 1. The van der Waals surface area contributed by atoms with Gasteiger partial charge in [-0.2, -0.15) is 5.10 Å². The fourth-order valence-corrected chi connectivity index (χ4v) is 1.89. The number of hydrogen-bond donors (Lipinski definition) is 3. The van der Waals surface area contributed by atoms with Gasteiger partial charge in [0.1, 0.15) is 0 Å². The number of nitrogens with zero attached hydrogens (tertiary/aromatic N) is 1. The van der Waals surface area contributed by atoms with Gasteiger partial charge >= 0.3 is 0 Å². The van der Waals surface area contributed by atoms with Crippen LogP contribution in [0.4, 0.5) is 5.69 Å². The van der Waals surface area contributed by atoms with Crippen LogP contribution in [0.5, 0.6) is 0 Å². The number of hydrogen-bond acceptors (Lipinski definition) is 4. The van der Waals surface area contributed by atoms with E-state index in [1.54, 1.807) is 0 Å². The van der Waals surface area contributed by atoms with Crippen molar-refractivity contribution in [3.63, 3.8) is 0 Å². The van der Waals surface area contributed by atoms with E-state index in [4.69, 9.17) is 10.5 Å². The van der Waals surface area contributed by atoms with Crippen LogP contribution in [0.2, 0.25) is 0 Å². The van der Waals surface area contributed by atoms with Crippen LogP contribution in [-0.2, 0) is 4.74 Å². The smallest absolute Gasteiger partial charge is 0.274 e. The number of ether oxygens (including phenoxy) is 1. The summed E-state index contributed by atoms with van der Waals surface area (Å²) in [6.45, 7) is 3.85. The maximum absolute atomic E-state index is 11.9. The summed E-state index contributed by atoms with van der Waals surface area (Å²) >= 11 is 0. The summed E-state index contributed by atoms with van der Waals surface area (Å²) < 4.78 is 5.37. The molecule has 0 spiro atoms. The number of aromatic nitrogens is 2. The Hall–Kier alpha value is -1.56. The zero-order valence-corrected chi connectivity index (χ0v) is 11.4. The van der Waals surface area contributed by atoms with Crippen molar-refractivity contribution in [2.24, 2.45) is 0 Å². The lowest BCUT2D eigenvalue weighted by molar-refractivity contribution is 0.0909. The highest BCUT2D eigenvalue weighted by Crippen LogP contribution is 2.42. The maximum Gasteiger partial charge on any atom is 0.274 e. The molecule has 1 aromatic rings. The van der Waals surface area contributed by atoms with E-state index < -0.39 is 0 Å². The predicted octanol–water partition coefficient (Wildman–Crippen LogP) is 1.42. The summed E-state index contributed by atoms with van der Waals surface area (Å²) in [5, 5.41) is 9.63. The fraction of sp³-hybridized carbons (Fsp3) is 0.692. The first kappa shape index (κ1) is 13.9. The minimum absolute atomic E-state index is 0.236. The Morgan fingerprint density at radius 3 is 3.00 bits per heavy atom. The number of rotatable bonds is 8. The maximum atomic E-state index is 11.9. The number of unbranched alkanes of at least 4 members (excludes halogenated alkanes) is 1. The van der Waals surface area contributed by atoms with Crippen LogP contribution >= 0.6 is 0 Å². The molecule has 0 aliphatic heterocycles. The van der Waals surface area contributed by atoms with Crippen LogP contribution in [0, 0.1) is 0 Å². The minimum Gasteiger partial charge on any atom is -0.395 e. The molecule has 6 heteroatoms. The number of H-pyrrole nitrogens is 1. The standard InChI is InChI=1S/C13H22N4O2/c1-2-3-7-19-8-6-15-13(18)12-10(14)11(16-17-12)9-4-5-9/h9H,2-8,14H2,1H3,(H,15,18)(H,16,17). The van der Waals surface area contributed by atoms with Gasteiger partial charge in [-0.15, -0.1) is 0 Å². The summed E-state index contributed by atoms with van der Waals surface area (Å²) in [7, 11) is 0. The van der Waals surface area contributed by atoms with Gasteiger partial charge < -0.3 is 15.8 Å². The third-order valence-electron chi connectivity index (χ3n) is 3.21. The van der Waals surface area contributed by atoms with Gasteiger partial charge in [0.05, 0.1) is 18.0 Å². The molecule has 0 unspecified atom stereocenters. The Labute approximate surface area is 113 Å². The van der Waals surface area contributed by atoms with Crippen molar-refractivity contribution in [2.45, 2.75) is 38.5 Å². The van der Waals surface area contributed by atoms with Gasteiger partial charge in [-0.05, 0) is 19.3 Å². The summed E-state index contributed by atoms with van der Waals surface area (Å²) in [6.07, 6.45) is 4.41. The van der Waals surface area contributed by atoms with E-state index in [0.717, 1.165) is 38.0 Å². The molecule has 2 rings (SSSR count). The highest BCUT2D eigenvalue weighted by Gasteiger charge is 2.30. The molecule has 0 bridgehead atoms. The lowest BCUT2D eigenvalue weighted by atomic mass is 10.2. The quantitative estimate of drug-likeness (QED) is 0.620. The first-order chi connectivity index (χ1) is 9.24. The van der Waals surface area contributed by atoms with Gasteiger partial charge in [0.2, 0.25) is 0 Å². The Morgan fingerprint density at radius 2 is 2.32 bits per heavy atom. The van der Waals surface area contributed by atoms with Gasteiger partial charge in [-0.25, -0.2) is 0 Å². The van der Waals surface area contributed by atoms with Crippen molar-refractivity contribution in [2.75, 3.05) is 25.5 Å². The molecule has 1 fully saturated rings. The summed E-state index contributed by atoms with van der Waals surface area (Å²) in [4.78, 5) is 11.9. The second-order valence-corrected chi connectivity index (χ2v) is 4.90. The Kier molecular flexibility index (Phi) is 4.79. The van der Waals surface area contributed by atoms with Gasteiger partial charge in [0.15, 0.2) is 5.69 Å². The topological polar surface area (TPSA) is 93.0 Å². The fourth-order valence-electron chi connectivity index (χ4n) is 1.89. The number of anilines is 1. The van der Waals surface area contributed by atoms with Crippen molar-refractivity contribution in [3.05, 3.63) is 11.4 Å². The Bertz CT molecular complexity index is 426. The molecule has 19 heavy (non-hydrogen) atoms. The second kappa shape index (κ2) is 6.56. The minimum atomic E-state index is -0.236. The normalized spacial score (nSPS) is 14.6. The lowest BCUT2D eigenvalue weighted by Gasteiger charge is -2.05. The summed E-state index contributed by atoms with van der Waals surface area (Å²) in [5.74, 6) is 0.228. The van der Waals surface area contributed by atoms with Crippen LogP contribution in [0.15, 0.2) is 0 Å². The molecule has 1 aliphatic carbocycles. The average Bonchev–Trinajstić information content (AvgIpc) is 3.17. The van der Waals surface area contributed by atoms with E-state index in [0.29, 0.717) is 30.5 Å². The number of carbonyl (C=O) groups is 1. The molecule has 1 aliphatic rings. The Morgan fingerprint density at radius 1 is 1.53 bits per heavy atom. The molecular formula is C13H22N4O2. The van der Waals surface area contributed by atoms with Gasteiger partial charge in [-0.1, -0.05) is 13.3 Å². The molecule has 1 aromatic heterocycles. The SMILES string of the molecule is CCCCOCCNC(=O)c1n[nH]c(C2CC2)c1N. The highest BCUT2D eigenvalue weighted by atomic mass is 16.5. The first-order valence-electron chi connectivity index (χ1n) is 6.93. The van der Waals surface area contributed by atoms with Gasteiger partial charge in [-0.3, -0.25) is 9.89 Å². The molecule has 0 radical (unpaired) electrons. The van der Waals surface area contributed by atoms with Crippen LogP contribution in [0.1, 0.15) is 54.7 Å². The van der Waals surface area contributed by atoms with Crippen molar-refractivity contribution in [1.29, 1.82) is 0 Å². The third kappa shape index (κ3) is 3.70. The largest absolute Gasteiger partial charge is 0.395 e. The monoisotopic (exact) mass is 266 g/mol. The van der Waals surface area contributed by atoms with E-state index in [9.17, 15) is 4.79 Å². The molecule has 4 N–H and O–H groups in total. The highest BCUT2D eigenvalue weighted by molar-refractivity contribution is 5.97. The first-order valence-corrected chi connectivity index (χ1v) is 6.93. The molecule has 1 heterocycles. The van der Waals surface area contributed by atoms with E-state index in [1.165, 1.54) is 0 Å². The second-order valence-electron chi connectivity index (χ2n) is 4.90. The van der Waals surface area contributed by atoms with Crippen molar-refractivity contribution >= 4 is 11.6 Å². The number of aromatic amines is 1. The number of carbonyl (C=O) groups excluding carboxylic acids is 1. The van der Waals surface area contributed by atoms with Crippen LogP contribution in [-0.4, -0.2) is 35.9 Å². The summed E-state index contributed by atoms with van der Waals surface area (Å²) in [6, 6.07) is 0. The average molecular weight is 266 g/mol. The molecule has 106 valence electrons. The van der Waals surface area contributed by atoms with Gasteiger partial charge in [0.25, 0.3) is 5.91 Å². The number of nitrogen functional groups attached to an aromatic ring is 1.